The standard InChI is InChI=1S/C12H20BrNOS/c1-3-6-15-7-4-10(14-2)9-12-11(13)5-8-16-12/h5,8,10,14H,3-4,6-7,9H2,1-2H3. The fraction of sp³-hybridized carbons (Fsp3) is 0.667. The summed E-state index contributed by atoms with van der Waals surface area (Å²) in [5, 5.41) is 5.48. The summed E-state index contributed by atoms with van der Waals surface area (Å²) in [6.45, 7) is 3.86. The van der Waals surface area contributed by atoms with Crippen molar-refractivity contribution in [3.05, 3.63) is 20.8 Å². The molecule has 1 rings (SSSR count). The molecule has 0 saturated carbocycles. The summed E-state index contributed by atoms with van der Waals surface area (Å²) in [6.07, 6.45) is 3.24. The average Bonchev–Trinajstić information content (AvgIpc) is 2.68. The van der Waals surface area contributed by atoms with Gasteiger partial charge in [-0.05, 0) is 53.7 Å². The molecular formula is C12H20BrNOS. The molecule has 0 radical (unpaired) electrons. The smallest absolute Gasteiger partial charge is 0.0480 e. The Hall–Kier alpha value is 0.1000. The van der Waals surface area contributed by atoms with Gasteiger partial charge in [-0.15, -0.1) is 11.3 Å². The monoisotopic (exact) mass is 305 g/mol. The summed E-state index contributed by atoms with van der Waals surface area (Å²) in [5.74, 6) is 0. The van der Waals surface area contributed by atoms with Crippen LogP contribution in [0.2, 0.25) is 0 Å². The first-order valence-electron chi connectivity index (χ1n) is 5.74. The van der Waals surface area contributed by atoms with E-state index < -0.39 is 0 Å². The first kappa shape index (κ1) is 14.2. The van der Waals surface area contributed by atoms with Crippen LogP contribution in [-0.4, -0.2) is 26.3 Å². The fourth-order valence-electron chi connectivity index (χ4n) is 1.51. The zero-order chi connectivity index (χ0) is 11.8. The van der Waals surface area contributed by atoms with Crippen molar-refractivity contribution in [2.75, 3.05) is 20.3 Å². The summed E-state index contributed by atoms with van der Waals surface area (Å²) in [4.78, 5) is 1.41. The quantitative estimate of drug-likeness (QED) is 0.743. The van der Waals surface area contributed by atoms with Crippen LogP contribution in [-0.2, 0) is 11.2 Å². The minimum absolute atomic E-state index is 0.506. The maximum atomic E-state index is 5.52. The van der Waals surface area contributed by atoms with E-state index in [0.29, 0.717) is 6.04 Å². The second-order valence-electron chi connectivity index (χ2n) is 3.78. The normalized spacial score (nSPS) is 12.9. The number of ether oxygens (including phenoxy) is 1. The Labute approximate surface area is 111 Å². The first-order valence-corrected chi connectivity index (χ1v) is 7.42. The van der Waals surface area contributed by atoms with Crippen molar-refractivity contribution in [2.45, 2.75) is 32.2 Å². The predicted molar refractivity (Wildman–Crippen MR) is 74.3 cm³/mol. The second kappa shape index (κ2) is 8.23. The van der Waals surface area contributed by atoms with E-state index in [1.165, 1.54) is 9.35 Å². The van der Waals surface area contributed by atoms with E-state index in [1.807, 2.05) is 18.4 Å². The van der Waals surface area contributed by atoms with Gasteiger partial charge in [-0.25, -0.2) is 0 Å². The average molecular weight is 306 g/mol. The Morgan fingerprint density at radius 1 is 1.50 bits per heavy atom. The topological polar surface area (TPSA) is 21.3 Å². The van der Waals surface area contributed by atoms with Gasteiger partial charge in [0.15, 0.2) is 0 Å². The van der Waals surface area contributed by atoms with E-state index in [2.05, 4.69) is 39.6 Å². The number of halogens is 1. The molecule has 1 atom stereocenters. The minimum atomic E-state index is 0.506. The van der Waals surface area contributed by atoms with E-state index in [-0.39, 0.29) is 0 Å². The molecule has 16 heavy (non-hydrogen) atoms. The van der Waals surface area contributed by atoms with Gasteiger partial charge in [0, 0.05) is 28.6 Å². The molecule has 0 aliphatic heterocycles. The molecule has 1 aromatic heterocycles. The molecule has 0 saturated heterocycles. The van der Waals surface area contributed by atoms with Crippen molar-refractivity contribution < 1.29 is 4.74 Å². The maximum absolute atomic E-state index is 5.52. The van der Waals surface area contributed by atoms with Crippen LogP contribution in [0.1, 0.15) is 24.6 Å². The lowest BCUT2D eigenvalue weighted by atomic mass is 10.1. The number of nitrogens with one attached hydrogen (secondary N) is 1. The molecular weight excluding hydrogens is 286 g/mol. The highest BCUT2D eigenvalue weighted by Crippen LogP contribution is 2.24. The van der Waals surface area contributed by atoms with Crippen molar-refractivity contribution in [3.8, 4) is 0 Å². The Morgan fingerprint density at radius 2 is 2.31 bits per heavy atom. The molecule has 0 amide bonds. The summed E-state index contributed by atoms with van der Waals surface area (Å²) in [5.41, 5.74) is 0. The number of rotatable bonds is 8. The van der Waals surface area contributed by atoms with Crippen LogP contribution in [0.4, 0.5) is 0 Å². The Morgan fingerprint density at radius 3 is 2.88 bits per heavy atom. The van der Waals surface area contributed by atoms with E-state index in [0.717, 1.165) is 32.5 Å². The number of hydrogen-bond donors (Lipinski definition) is 1. The van der Waals surface area contributed by atoms with Crippen LogP contribution >= 0.6 is 27.3 Å². The lowest BCUT2D eigenvalue weighted by molar-refractivity contribution is 0.125. The van der Waals surface area contributed by atoms with Crippen molar-refractivity contribution in [3.63, 3.8) is 0 Å². The van der Waals surface area contributed by atoms with Crippen LogP contribution in [0.25, 0.3) is 0 Å². The van der Waals surface area contributed by atoms with Gasteiger partial charge in [-0.1, -0.05) is 6.92 Å². The third-order valence-electron chi connectivity index (χ3n) is 2.49. The van der Waals surface area contributed by atoms with E-state index >= 15 is 0 Å². The van der Waals surface area contributed by atoms with Gasteiger partial charge in [0.25, 0.3) is 0 Å². The van der Waals surface area contributed by atoms with Crippen molar-refractivity contribution in [1.29, 1.82) is 0 Å². The highest BCUT2D eigenvalue weighted by atomic mass is 79.9. The van der Waals surface area contributed by atoms with Crippen LogP contribution in [0, 0.1) is 0 Å². The lowest BCUT2D eigenvalue weighted by Crippen LogP contribution is -2.28. The van der Waals surface area contributed by atoms with Gasteiger partial charge in [-0.3, -0.25) is 0 Å². The Bertz CT molecular complexity index is 290. The molecule has 92 valence electrons. The fourth-order valence-corrected chi connectivity index (χ4v) is 3.11. The SMILES string of the molecule is CCCOCCC(Cc1sccc1Br)NC. The predicted octanol–water partition coefficient (Wildman–Crippen LogP) is 3.46. The molecule has 1 heterocycles. The highest BCUT2D eigenvalue weighted by molar-refractivity contribution is 9.10. The highest BCUT2D eigenvalue weighted by Gasteiger charge is 2.10. The van der Waals surface area contributed by atoms with Crippen LogP contribution in [0.15, 0.2) is 15.9 Å². The zero-order valence-corrected chi connectivity index (χ0v) is 12.4. The molecule has 0 aliphatic carbocycles. The third kappa shape index (κ3) is 4.95. The molecule has 1 N–H and O–H groups in total. The Kier molecular flexibility index (Phi) is 7.28. The summed E-state index contributed by atoms with van der Waals surface area (Å²) < 4.78 is 6.75. The van der Waals surface area contributed by atoms with Crippen LogP contribution in [0.5, 0.6) is 0 Å². The molecule has 0 spiro atoms. The molecule has 0 aromatic carbocycles. The van der Waals surface area contributed by atoms with Crippen molar-refractivity contribution in [2.24, 2.45) is 0 Å². The van der Waals surface area contributed by atoms with Crippen molar-refractivity contribution in [1.82, 2.24) is 5.32 Å². The van der Waals surface area contributed by atoms with E-state index in [9.17, 15) is 0 Å². The van der Waals surface area contributed by atoms with E-state index in [4.69, 9.17) is 4.74 Å². The number of likely N-dealkylation sites (N-methyl/N-ethyl adjacent to an activating group) is 1. The van der Waals surface area contributed by atoms with Gasteiger partial charge in [0.2, 0.25) is 0 Å². The molecule has 0 bridgehead atoms. The molecule has 4 heteroatoms. The minimum Gasteiger partial charge on any atom is -0.381 e. The molecule has 2 nitrogen and oxygen atoms in total. The van der Waals surface area contributed by atoms with Crippen LogP contribution in [0.3, 0.4) is 0 Å². The Balaban J connectivity index is 2.29. The molecule has 0 aliphatic rings. The summed E-state index contributed by atoms with van der Waals surface area (Å²) in [7, 11) is 2.02. The van der Waals surface area contributed by atoms with Gasteiger partial charge < -0.3 is 10.1 Å². The third-order valence-corrected chi connectivity index (χ3v) is 4.44. The van der Waals surface area contributed by atoms with Gasteiger partial charge in [0.1, 0.15) is 0 Å². The molecule has 1 aromatic rings. The number of thiophene rings is 1. The van der Waals surface area contributed by atoms with Gasteiger partial charge in [0.05, 0.1) is 0 Å². The van der Waals surface area contributed by atoms with Crippen molar-refractivity contribution >= 4 is 27.3 Å². The molecule has 0 fully saturated rings. The maximum Gasteiger partial charge on any atom is 0.0480 e. The first-order chi connectivity index (χ1) is 7.77. The van der Waals surface area contributed by atoms with Gasteiger partial charge >= 0.3 is 0 Å². The largest absolute Gasteiger partial charge is 0.381 e. The van der Waals surface area contributed by atoms with E-state index in [1.54, 1.807) is 0 Å². The zero-order valence-electron chi connectivity index (χ0n) is 9.96. The summed E-state index contributed by atoms with van der Waals surface area (Å²) >= 11 is 5.38. The second-order valence-corrected chi connectivity index (χ2v) is 5.64. The number of hydrogen-bond acceptors (Lipinski definition) is 3. The van der Waals surface area contributed by atoms with Crippen LogP contribution < -0.4 is 5.32 Å². The summed E-state index contributed by atoms with van der Waals surface area (Å²) in [6, 6.07) is 2.62. The van der Waals surface area contributed by atoms with Gasteiger partial charge in [-0.2, -0.15) is 0 Å². The molecule has 1 unspecified atom stereocenters. The lowest BCUT2D eigenvalue weighted by Gasteiger charge is -2.15.